The summed E-state index contributed by atoms with van der Waals surface area (Å²) in [5.41, 5.74) is 1.40. The van der Waals surface area contributed by atoms with Gasteiger partial charge in [0.05, 0.1) is 8.07 Å². The van der Waals surface area contributed by atoms with E-state index in [9.17, 15) is 0 Å². The molecule has 0 heterocycles. The van der Waals surface area contributed by atoms with Gasteiger partial charge in [0.1, 0.15) is 0 Å². The Morgan fingerprint density at radius 2 is 1.03 bits per heavy atom. The minimum absolute atomic E-state index is 0. The second-order valence-electron chi connectivity index (χ2n) is 6.71. The van der Waals surface area contributed by atoms with Gasteiger partial charge in [0.25, 0.3) is 0 Å². The Kier molecular flexibility index (Phi) is 12.9. The molecule has 4 rings (SSSR count). The molecule has 152 valence electrons. The van der Waals surface area contributed by atoms with E-state index in [-0.39, 0.29) is 58.9 Å². The quantitative estimate of drug-likeness (QED) is 0.186. The van der Waals surface area contributed by atoms with Crippen LogP contribution in [0.25, 0.3) is 0 Å². The van der Waals surface area contributed by atoms with Crippen molar-refractivity contribution in [1.29, 1.82) is 0 Å². The second-order valence-corrected chi connectivity index (χ2v) is 10.5. The third-order valence-electron chi connectivity index (χ3n) is 5.37. The summed E-state index contributed by atoms with van der Waals surface area (Å²) in [6.07, 6.45) is 7.83. The molecule has 3 aromatic carbocycles. The largest absolute Gasteiger partial charge is 4.00 e. The van der Waals surface area contributed by atoms with Crippen molar-refractivity contribution in [2.45, 2.75) is 19.8 Å². The minimum Gasteiger partial charge on any atom is -1.00 e. The first-order valence-electron chi connectivity index (χ1n) is 9.34. The van der Waals surface area contributed by atoms with Crippen LogP contribution in [0.2, 0.25) is 0 Å². The topological polar surface area (TPSA) is 0 Å². The molecule has 0 saturated heterocycles. The Bertz CT molecular complexity index is 845. The predicted octanol–water partition coefficient (Wildman–Crippen LogP) is -4.82. The normalized spacial score (nSPS) is 12.2. The molecule has 0 aromatic heterocycles. The summed E-state index contributed by atoms with van der Waals surface area (Å²) in [5, 5.41) is 5.95. The molecule has 0 atom stereocenters. The molecule has 0 nitrogen and oxygen atoms in total. The Morgan fingerprint density at radius 3 is 1.37 bits per heavy atom. The first-order chi connectivity index (χ1) is 12.9. The number of rotatable bonds is 5. The van der Waals surface area contributed by atoms with Gasteiger partial charge in [-0.15, -0.1) is 0 Å². The average Bonchev–Trinajstić information content (AvgIpc) is 3.20. The zero-order chi connectivity index (χ0) is 17.8. The van der Waals surface area contributed by atoms with E-state index in [0.29, 0.717) is 0 Å². The van der Waals surface area contributed by atoms with Crippen LogP contribution in [-0.2, 0) is 21.7 Å². The van der Waals surface area contributed by atoms with Crippen LogP contribution in [0.4, 0.5) is 0 Å². The monoisotopic (exact) mass is 504 g/mol. The number of hydrogen-bond donors (Lipinski definition) is 0. The zero-order valence-electron chi connectivity index (χ0n) is 16.8. The van der Waals surface area contributed by atoms with Crippen molar-refractivity contribution in [3.8, 4) is 0 Å². The number of halogens is 3. The van der Waals surface area contributed by atoms with Gasteiger partial charge in [0.15, 0.2) is 0 Å². The molecular formula is C25H23Cl3SiTi. The summed E-state index contributed by atoms with van der Waals surface area (Å²) < 4.78 is 0. The van der Waals surface area contributed by atoms with E-state index < -0.39 is 8.07 Å². The van der Waals surface area contributed by atoms with Crippen LogP contribution in [0.5, 0.6) is 0 Å². The van der Waals surface area contributed by atoms with Crippen molar-refractivity contribution >= 4 is 23.6 Å². The fourth-order valence-electron chi connectivity index (χ4n) is 4.27. The second kappa shape index (κ2) is 13.4. The van der Waals surface area contributed by atoms with Gasteiger partial charge in [-0.1, -0.05) is 126 Å². The van der Waals surface area contributed by atoms with E-state index in [1.807, 2.05) is 0 Å². The van der Waals surface area contributed by atoms with Crippen LogP contribution in [0.15, 0.2) is 108 Å². The molecule has 0 N–H and O–H groups in total. The Balaban J connectivity index is 0.00000210. The molecule has 1 aliphatic carbocycles. The first kappa shape index (κ1) is 28.9. The van der Waals surface area contributed by atoms with Gasteiger partial charge in [-0.05, 0) is 0 Å². The van der Waals surface area contributed by atoms with Gasteiger partial charge in [-0.25, -0.2) is 10.8 Å². The molecule has 0 saturated carbocycles. The van der Waals surface area contributed by atoms with Crippen LogP contribution in [0.1, 0.15) is 19.8 Å². The summed E-state index contributed by atoms with van der Waals surface area (Å²) in [7, 11) is -2.29. The van der Waals surface area contributed by atoms with Gasteiger partial charge in [-0.2, -0.15) is 6.08 Å². The zero-order valence-corrected chi connectivity index (χ0v) is 21.6. The van der Waals surface area contributed by atoms with Crippen LogP contribution >= 0.6 is 0 Å². The standard InChI is InChI=1S/C25H23Si.3ClH.Ti/c1-2-21-13-12-20-25(21)26(22-14-6-3-7-15-22,23-16-8-4-9-17-23)24-18-10-5-11-19-24;;;;/h3-12,14-19H,2,20H2,1H3;3*1H;/q-1;;;;+4/p-3. The van der Waals surface area contributed by atoms with Crippen LogP contribution < -0.4 is 52.8 Å². The Labute approximate surface area is 215 Å². The average molecular weight is 506 g/mol. The van der Waals surface area contributed by atoms with Gasteiger partial charge in [-0.3, -0.25) is 6.08 Å². The van der Waals surface area contributed by atoms with Gasteiger partial charge in [0, 0.05) is 0 Å². The summed E-state index contributed by atoms with van der Waals surface area (Å²) in [4.78, 5) is 0. The molecule has 5 heteroatoms. The van der Waals surface area contributed by atoms with Crippen LogP contribution in [0, 0.1) is 6.08 Å². The third kappa shape index (κ3) is 5.22. The molecular weight excluding hydrogens is 483 g/mol. The SMILES string of the molecule is CCC1=C([Si](c2ccccc2)(c2ccccc2)c2ccccc2)CC=[C-]1.[Cl-].[Cl-].[Cl-].[Ti+4]. The summed E-state index contributed by atoms with van der Waals surface area (Å²) in [6.45, 7) is 2.25. The number of benzene rings is 3. The Morgan fingerprint density at radius 1 is 0.667 bits per heavy atom. The molecule has 0 unspecified atom stereocenters. The molecule has 0 amide bonds. The maximum absolute atomic E-state index is 3.56. The van der Waals surface area contributed by atoms with Gasteiger partial charge < -0.3 is 37.2 Å². The maximum Gasteiger partial charge on any atom is 4.00 e. The van der Waals surface area contributed by atoms with Crippen molar-refractivity contribution < 1.29 is 58.9 Å². The van der Waals surface area contributed by atoms with Gasteiger partial charge >= 0.3 is 21.7 Å². The molecule has 1 aliphatic rings. The summed E-state index contributed by atoms with van der Waals surface area (Å²) in [6, 6.07) is 33.4. The number of allylic oxidation sites excluding steroid dienone is 4. The van der Waals surface area contributed by atoms with E-state index in [0.717, 1.165) is 12.8 Å². The third-order valence-corrected chi connectivity index (χ3v) is 10.4. The fraction of sp³-hybridized carbons (Fsp3) is 0.120. The molecule has 0 bridgehead atoms. The maximum atomic E-state index is 3.56. The van der Waals surface area contributed by atoms with E-state index in [1.54, 1.807) is 5.20 Å². The van der Waals surface area contributed by atoms with E-state index >= 15 is 0 Å². The van der Waals surface area contributed by atoms with Crippen molar-refractivity contribution in [2.24, 2.45) is 0 Å². The van der Waals surface area contributed by atoms with Gasteiger partial charge in [0.2, 0.25) is 0 Å². The molecule has 3 aromatic rings. The van der Waals surface area contributed by atoms with Crippen LogP contribution in [0.3, 0.4) is 0 Å². The smallest absolute Gasteiger partial charge is 1.00 e. The van der Waals surface area contributed by atoms with E-state index in [4.69, 9.17) is 0 Å². The molecule has 0 spiro atoms. The Hall–Kier alpha value is -1.06. The summed E-state index contributed by atoms with van der Waals surface area (Å²) in [5.74, 6) is 0. The summed E-state index contributed by atoms with van der Waals surface area (Å²) >= 11 is 0. The predicted molar refractivity (Wildman–Crippen MR) is 114 cm³/mol. The van der Waals surface area contributed by atoms with Crippen molar-refractivity contribution in [2.75, 3.05) is 0 Å². The van der Waals surface area contributed by atoms with E-state index in [1.165, 1.54) is 21.1 Å². The van der Waals surface area contributed by atoms with Crippen LogP contribution in [-0.4, -0.2) is 8.07 Å². The van der Waals surface area contributed by atoms with Crippen molar-refractivity contribution in [3.63, 3.8) is 0 Å². The molecule has 30 heavy (non-hydrogen) atoms. The minimum atomic E-state index is -2.29. The molecule has 0 radical (unpaired) electrons. The van der Waals surface area contributed by atoms with Crippen molar-refractivity contribution in [1.82, 2.24) is 0 Å². The number of hydrogen-bond acceptors (Lipinski definition) is 0. The molecule has 0 fully saturated rings. The van der Waals surface area contributed by atoms with Crippen molar-refractivity contribution in [3.05, 3.63) is 114 Å². The first-order valence-corrected chi connectivity index (χ1v) is 11.3. The fourth-order valence-corrected chi connectivity index (χ4v) is 9.50. The molecule has 0 aliphatic heterocycles. The van der Waals surface area contributed by atoms with E-state index in [2.05, 4.69) is 110 Å².